The first kappa shape index (κ1) is 22.6. The van der Waals surface area contributed by atoms with Gasteiger partial charge in [-0.25, -0.2) is 4.98 Å². The average Bonchev–Trinajstić information content (AvgIpc) is 3.37. The van der Waals surface area contributed by atoms with Gasteiger partial charge in [-0.05, 0) is 60.4 Å². The van der Waals surface area contributed by atoms with Crippen LogP contribution in [-0.4, -0.2) is 26.9 Å². The molecule has 3 aromatic carbocycles. The highest BCUT2D eigenvalue weighted by molar-refractivity contribution is 7.22. The van der Waals surface area contributed by atoms with Crippen LogP contribution in [0.4, 0.5) is 5.13 Å². The van der Waals surface area contributed by atoms with Crippen LogP contribution in [0.3, 0.4) is 0 Å². The van der Waals surface area contributed by atoms with Crippen LogP contribution >= 0.6 is 11.3 Å². The summed E-state index contributed by atoms with van der Waals surface area (Å²) in [5.41, 5.74) is 4.20. The second-order valence-electron chi connectivity index (χ2n) is 8.46. The standard InChI is InChI=1S/C28H22N2O4S/c1-16-14-17(2)24-22(15-16)35-28(29-24)30-25(19-9-11-20(31)12-10-19)23(26(33)27(30)34)21(32)13-8-18-6-4-3-5-7-18/h3-15,25,31,33H,1-2H3. The number of amides is 1. The first-order valence-corrected chi connectivity index (χ1v) is 11.9. The monoisotopic (exact) mass is 482 g/mol. The molecule has 1 aliphatic heterocycles. The van der Waals surface area contributed by atoms with E-state index in [0.29, 0.717) is 10.7 Å². The molecule has 1 aromatic heterocycles. The van der Waals surface area contributed by atoms with Gasteiger partial charge < -0.3 is 10.2 Å². The lowest BCUT2D eigenvalue weighted by atomic mass is 9.95. The summed E-state index contributed by atoms with van der Waals surface area (Å²) < 4.78 is 0.915. The Hall–Kier alpha value is -4.23. The van der Waals surface area contributed by atoms with Gasteiger partial charge >= 0.3 is 0 Å². The summed E-state index contributed by atoms with van der Waals surface area (Å²) in [7, 11) is 0. The van der Waals surface area contributed by atoms with Gasteiger partial charge in [0.05, 0.1) is 21.8 Å². The van der Waals surface area contributed by atoms with Gasteiger partial charge in [-0.15, -0.1) is 0 Å². The summed E-state index contributed by atoms with van der Waals surface area (Å²) in [6.07, 6.45) is 3.00. The molecule has 0 bridgehead atoms. The minimum absolute atomic E-state index is 0.0278. The van der Waals surface area contributed by atoms with Crippen molar-refractivity contribution in [2.24, 2.45) is 0 Å². The molecule has 1 amide bonds. The van der Waals surface area contributed by atoms with Crippen molar-refractivity contribution in [1.29, 1.82) is 0 Å². The van der Waals surface area contributed by atoms with Crippen molar-refractivity contribution >= 4 is 44.5 Å². The molecule has 0 fully saturated rings. The minimum Gasteiger partial charge on any atom is -0.508 e. The van der Waals surface area contributed by atoms with Crippen molar-refractivity contribution in [2.75, 3.05) is 4.90 Å². The number of hydrogen-bond donors (Lipinski definition) is 2. The maximum Gasteiger partial charge on any atom is 0.296 e. The van der Waals surface area contributed by atoms with E-state index in [1.807, 2.05) is 56.3 Å². The molecule has 1 atom stereocenters. The second-order valence-corrected chi connectivity index (χ2v) is 9.47. The molecule has 7 heteroatoms. The fourth-order valence-corrected chi connectivity index (χ4v) is 5.48. The maximum absolute atomic E-state index is 13.3. The molecule has 1 unspecified atom stereocenters. The number of aryl methyl sites for hydroxylation is 2. The fraction of sp³-hybridized carbons (Fsp3) is 0.107. The largest absolute Gasteiger partial charge is 0.508 e. The number of aliphatic hydroxyl groups is 1. The Morgan fingerprint density at radius 1 is 1.03 bits per heavy atom. The molecule has 35 heavy (non-hydrogen) atoms. The molecule has 0 saturated carbocycles. The molecule has 174 valence electrons. The van der Waals surface area contributed by atoms with E-state index in [-0.39, 0.29) is 11.3 Å². The lowest BCUT2D eigenvalue weighted by Crippen LogP contribution is -2.30. The molecule has 0 aliphatic carbocycles. The Kier molecular flexibility index (Phi) is 5.70. The molecule has 0 saturated heterocycles. The highest BCUT2D eigenvalue weighted by atomic mass is 32.1. The number of nitrogens with zero attached hydrogens (tertiary/aromatic N) is 2. The third-order valence-electron chi connectivity index (χ3n) is 5.93. The Bertz CT molecular complexity index is 1520. The molecule has 5 rings (SSSR count). The summed E-state index contributed by atoms with van der Waals surface area (Å²) in [5.74, 6) is -1.71. The number of allylic oxidation sites excluding steroid dienone is 1. The first-order valence-electron chi connectivity index (χ1n) is 11.0. The predicted octanol–water partition coefficient (Wildman–Crippen LogP) is 5.80. The Labute approximate surface area is 206 Å². The number of thiazole rings is 1. The molecule has 4 aromatic rings. The van der Waals surface area contributed by atoms with E-state index in [0.717, 1.165) is 26.9 Å². The Morgan fingerprint density at radius 2 is 1.74 bits per heavy atom. The first-order chi connectivity index (χ1) is 16.8. The van der Waals surface area contributed by atoms with Crippen molar-refractivity contribution in [3.63, 3.8) is 0 Å². The van der Waals surface area contributed by atoms with E-state index in [4.69, 9.17) is 4.98 Å². The zero-order valence-electron chi connectivity index (χ0n) is 19.1. The molecular formula is C28H22N2O4S. The topological polar surface area (TPSA) is 90.7 Å². The van der Waals surface area contributed by atoms with E-state index in [1.54, 1.807) is 18.2 Å². The molecule has 2 heterocycles. The van der Waals surface area contributed by atoms with Gasteiger partial charge in [0.15, 0.2) is 16.7 Å². The maximum atomic E-state index is 13.3. The quantitative estimate of drug-likeness (QED) is 0.351. The van der Waals surface area contributed by atoms with Crippen LogP contribution < -0.4 is 4.90 Å². The highest BCUT2D eigenvalue weighted by Crippen LogP contribution is 2.44. The summed E-state index contributed by atoms with van der Waals surface area (Å²) in [6.45, 7) is 3.95. The number of aromatic nitrogens is 1. The number of ketones is 1. The summed E-state index contributed by atoms with van der Waals surface area (Å²) >= 11 is 1.33. The van der Waals surface area contributed by atoms with Crippen molar-refractivity contribution in [3.05, 3.63) is 106 Å². The third kappa shape index (κ3) is 4.11. The van der Waals surface area contributed by atoms with Crippen LogP contribution in [-0.2, 0) is 9.59 Å². The number of rotatable bonds is 5. The molecule has 0 radical (unpaired) electrons. The lowest BCUT2D eigenvalue weighted by Gasteiger charge is -2.24. The predicted molar refractivity (Wildman–Crippen MR) is 138 cm³/mol. The number of aromatic hydroxyl groups is 1. The van der Waals surface area contributed by atoms with Crippen LogP contribution in [0.5, 0.6) is 5.75 Å². The number of phenolic OH excluding ortho intramolecular Hbond substituents is 1. The highest BCUT2D eigenvalue weighted by Gasteiger charge is 2.45. The van der Waals surface area contributed by atoms with Gasteiger partial charge in [0, 0.05) is 0 Å². The molecule has 2 N–H and O–H groups in total. The number of phenols is 1. The molecule has 0 spiro atoms. The number of fused-ring (bicyclic) bond motifs is 1. The Balaban J connectivity index is 1.62. The molecular weight excluding hydrogens is 460 g/mol. The van der Waals surface area contributed by atoms with E-state index >= 15 is 0 Å². The van der Waals surface area contributed by atoms with Crippen LogP contribution in [0.1, 0.15) is 28.3 Å². The number of aliphatic hydroxyl groups excluding tert-OH is 1. The smallest absolute Gasteiger partial charge is 0.296 e. The number of benzene rings is 3. The van der Waals surface area contributed by atoms with Crippen LogP contribution in [0, 0.1) is 13.8 Å². The van der Waals surface area contributed by atoms with E-state index in [2.05, 4.69) is 0 Å². The van der Waals surface area contributed by atoms with Gasteiger partial charge in [0.25, 0.3) is 5.91 Å². The molecule has 1 aliphatic rings. The summed E-state index contributed by atoms with van der Waals surface area (Å²) in [6, 6.07) is 18.7. The summed E-state index contributed by atoms with van der Waals surface area (Å²) in [5, 5.41) is 21.1. The Morgan fingerprint density at radius 3 is 2.46 bits per heavy atom. The van der Waals surface area contributed by atoms with Gasteiger partial charge in [-0.2, -0.15) is 0 Å². The van der Waals surface area contributed by atoms with Crippen molar-refractivity contribution in [1.82, 2.24) is 4.98 Å². The normalized spacial score (nSPS) is 16.1. The zero-order chi connectivity index (χ0) is 24.7. The van der Waals surface area contributed by atoms with Gasteiger partial charge in [-0.1, -0.05) is 65.9 Å². The SMILES string of the molecule is Cc1cc(C)c2nc(N3C(=O)C(O)=C(C(=O)C=Cc4ccccc4)C3c3ccc(O)cc3)sc2c1. The van der Waals surface area contributed by atoms with Gasteiger partial charge in [0.2, 0.25) is 0 Å². The van der Waals surface area contributed by atoms with Crippen LogP contribution in [0.25, 0.3) is 16.3 Å². The fourth-order valence-electron chi connectivity index (χ4n) is 4.31. The van der Waals surface area contributed by atoms with Gasteiger partial charge in [0.1, 0.15) is 5.75 Å². The number of carbonyl (C=O) groups excluding carboxylic acids is 2. The molecule has 6 nitrogen and oxygen atoms in total. The van der Waals surface area contributed by atoms with Crippen LogP contribution in [0.2, 0.25) is 0 Å². The van der Waals surface area contributed by atoms with E-state index < -0.39 is 23.5 Å². The lowest BCUT2D eigenvalue weighted by molar-refractivity contribution is -0.117. The number of carbonyl (C=O) groups is 2. The van der Waals surface area contributed by atoms with Crippen LogP contribution in [0.15, 0.2) is 84.1 Å². The van der Waals surface area contributed by atoms with Gasteiger partial charge in [-0.3, -0.25) is 14.5 Å². The third-order valence-corrected chi connectivity index (χ3v) is 6.94. The minimum atomic E-state index is -0.891. The van der Waals surface area contributed by atoms with Crippen molar-refractivity contribution in [2.45, 2.75) is 19.9 Å². The van der Waals surface area contributed by atoms with E-state index in [9.17, 15) is 19.8 Å². The van der Waals surface area contributed by atoms with Crippen molar-refractivity contribution < 1.29 is 19.8 Å². The summed E-state index contributed by atoms with van der Waals surface area (Å²) in [4.78, 5) is 32.7. The number of anilines is 1. The average molecular weight is 483 g/mol. The second kappa shape index (κ2) is 8.85. The van der Waals surface area contributed by atoms with Crippen molar-refractivity contribution in [3.8, 4) is 5.75 Å². The number of hydrogen-bond acceptors (Lipinski definition) is 6. The zero-order valence-corrected chi connectivity index (χ0v) is 19.9. The van der Waals surface area contributed by atoms with E-state index in [1.165, 1.54) is 34.4 Å².